The zero-order valence-electron chi connectivity index (χ0n) is 12.5. The molecule has 2 heterocycles. The Morgan fingerprint density at radius 2 is 1.70 bits per heavy atom. The van der Waals surface area contributed by atoms with Gasteiger partial charge in [-0.3, -0.25) is 4.90 Å². The van der Waals surface area contributed by atoms with Gasteiger partial charge in [-0.1, -0.05) is 30.3 Å². The van der Waals surface area contributed by atoms with Gasteiger partial charge in [0.1, 0.15) is 0 Å². The molecule has 3 rings (SSSR count). The van der Waals surface area contributed by atoms with E-state index in [9.17, 15) is 0 Å². The van der Waals surface area contributed by atoms with Crippen LogP contribution in [0.2, 0.25) is 0 Å². The number of hydrogen-bond acceptors (Lipinski definition) is 3. The Balaban J connectivity index is 1.67. The number of nitrogens with zero attached hydrogens (tertiary/aromatic N) is 2. The third-order valence-corrected chi connectivity index (χ3v) is 5.04. The fourth-order valence-corrected chi connectivity index (χ4v) is 4.29. The number of fused-ring (bicyclic) bond motifs is 2. The Morgan fingerprint density at radius 1 is 1.05 bits per heavy atom. The van der Waals surface area contributed by atoms with Crippen LogP contribution >= 0.6 is 0 Å². The lowest BCUT2D eigenvalue weighted by Crippen LogP contribution is -2.56. The van der Waals surface area contributed by atoms with Crippen LogP contribution in [-0.4, -0.2) is 49.6 Å². The van der Waals surface area contributed by atoms with Crippen molar-refractivity contribution in [1.82, 2.24) is 9.80 Å². The highest BCUT2D eigenvalue weighted by Crippen LogP contribution is 2.36. The van der Waals surface area contributed by atoms with E-state index in [1.54, 1.807) is 0 Å². The van der Waals surface area contributed by atoms with Crippen molar-refractivity contribution >= 4 is 0 Å². The van der Waals surface area contributed by atoms with Crippen molar-refractivity contribution in [2.24, 2.45) is 23.5 Å². The van der Waals surface area contributed by atoms with Crippen molar-refractivity contribution in [2.75, 3.05) is 39.8 Å². The summed E-state index contributed by atoms with van der Waals surface area (Å²) in [5.41, 5.74) is 7.27. The molecule has 0 aromatic heterocycles. The summed E-state index contributed by atoms with van der Waals surface area (Å²) < 4.78 is 0. The second-order valence-electron chi connectivity index (χ2n) is 6.66. The second-order valence-corrected chi connectivity index (χ2v) is 6.66. The zero-order valence-corrected chi connectivity index (χ0v) is 12.5. The molecule has 0 aliphatic carbocycles. The molecule has 2 aliphatic rings. The van der Waals surface area contributed by atoms with Gasteiger partial charge in [0.25, 0.3) is 0 Å². The quantitative estimate of drug-likeness (QED) is 0.905. The minimum absolute atomic E-state index is 0.805. The van der Waals surface area contributed by atoms with Crippen LogP contribution in [0, 0.1) is 17.8 Å². The minimum atomic E-state index is 0.805. The molecular weight excluding hydrogens is 246 g/mol. The van der Waals surface area contributed by atoms with E-state index >= 15 is 0 Å². The molecule has 0 amide bonds. The van der Waals surface area contributed by atoms with E-state index in [2.05, 4.69) is 47.2 Å². The molecule has 0 spiro atoms. The molecule has 2 aliphatic heterocycles. The maximum atomic E-state index is 5.83. The summed E-state index contributed by atoms with van der Waals surface area (Å²) in [7, 11) is 2.27. The molecule has 110 valence electrons. The predicted octanol–water partition coefficient (Wildman–Crippen LogP) is 1.64. The number of benzene rings is 1. The number of likely N-dealkylation sites (tertiary alicyclic amines) is 2. The smallest absolute Gasteiger partial charge is 0.0233 e. The lowest BCUT2D eigenvalue weighted by molar-refractivity contribution is -0.0180. The summed E-state index contributed by atoms with van der Waals surface area (Å²) in [6.45, 7) is 6.91. The molecule has 3 nitrogen and oxygen atoms in total. The van der Waals surface area contributed by atoms with Crippen LogP contribution in [0.4, 0.5) is 0 Å². The Kier molecular flexibility index (Phi) is 4.39. The third kappa shape index (κ3) is 3.05. The van der Waals surface area contributed by atoms with E-state index in [0.29, 0.717) is 0 Å². The largest absolute Gasteiger partial charge is 0.330 e. The Labute approximate surface area is 122 Å². The van der Waals surface area contributed by atoms with Crippen LogP contribution in [0.25, 0.3) is 0 Å². The van der Waals surface area contributed by atoms with Crippen LogP contribution in [0.5, 0.6) is 0 Å². The number of hydrogen-bond donors (Lipinski definition) is 1. The molecule has 20 heavy (non-hydrogen) atoms. The summed E-state index contributed by atoms with van der Waals surface area (Å²) in [6.07, 6.45) is 1.21. The topological polar surface area (TPSA) is 32.5 Å². The highest BCUT2D eigenvalue weighted by atomic mass is 15.2. The molecule has 2 N–H and O–H groups in total. The molecule has 1 aromatic carbocycles. The molecule has 2 saturated heterocycles. The average molecular weight is 273 g/mol. The van der Waals surface area contributed by atoms with Crippen LogP contribution in [0.15, 0.2) is 30.3 Å². The monoisotopic (exact) mass is 273 g/mol. The Bertz CT molecular complexity index is 404. The van der Waals surface area contributed by atoms with Gasteiger partial charge in [0.05, 0.1) is 0 Å². The van der Waals surface area contributed by atoms with E-state index in [1.165, 1.54) is 38.2 Å². The molecule has 2 unspecified atom stereocenters. The van der Waals surface area contributed by atoms with Gasteiger partial charge in [0.15, 0.2) is 0 Å². The molecule has 1 aromatic rings. The number of piperidine rings is 2. The van der Waals surface area contributed by atoms with Crippen molar-refractivity contribution in [3.05, 3.63) is 35.9 Å². The minimum Gasteiger partial charge on any atom is -0.330 e. The maximum absolute atomic E-state index is 5.83. The summed E-state index contributed by atoms with van der Waals surface area (Å²) in [4.78, 5) is 5.17. The van der Waals surface area contributed by atoms with E-state index in [4.69, 9.17) is 5.73 Å². The van der Waals surface area contributed by atoms with Gasteiger partial charge in [-0.25, -0.2) is 0 Å². The number of nitrogens with two attached hydrogens (primary N) is 1. The Hall–Kier alpha value is -0.900. The maximum Gasteiger partial charge on any atom is 0.0233 e. The van der Waals surface area contributed by atoms with Crippen molar-refractivity contribution < 1.29 is 0 Å². The SMILES string of the molecule is CN1CC2CN(Cc3ccccc3)CC(C1)C2CCN. The van der Waals surface area contributed by atoms with Gasteiger partial charge < -0.3 is 10.6 Å². The van der Waals surface area contributed by atoms with Gasteiger partial charge in [-0.05, 0) is 43.3 Å². The summed E-state index contributed by atoms with van der Waals surface area (Å²) in [5.74, 6) is 2.46. The molecule has 3 heteroatoms. The predicted molar refractivity (Wildman–Crippen MR) is 83.4 cm³/mol. The zero-order chi connectivity index (χ0) is 13.9. The Morgan fingerprint density at radius 3 is 2.30 bits per heavy atom. The van der Waals surface area contributed by atoms with Crippen molar-refractivity contribution in [2.45, 2.75) is 13.0 Å². The van der Waals surface area contributed by atoms with Gasteiger partial charge in [0, 0.05) is 32.7 Å². The van der Waals surface area contributed by atoms with Crippen molar-refractivity contribution in [3.63, 3.8) is 0 Å². The first kappa shape index (κ1) is 14.1. The third-order valence-electron chi connectivity index (χ3n) is 5.04. The molecule has 0 saturated carbocycles. The standard InChI is InChI=1S/C17H27N3/c1-19-10-15-12-20(9-14-5-3-2-4-6-14)13-16(11-19)17(15)7-8-18/h2-6,15-17H,7-13,18H2,1H3. The van der Waals surface area contributed by atoms with E-state index in [0.717, 1.165) is 30.8 Å². The first-order chi connectivity index (χ1) is 9.76. The van der Waals surface area contributed by atoms with Crippen LogP contribution in [0.3, 0.4) is 0 Å². The normalized spacial score (nSPS) is 31.4. The summed E-state index contributed by atoms with van der Waals surface area (Å²) in [5, 5.41) is 0. The first-order valence-electron chi connectivity index (χ1n) is 7.91. The van der Waals surface area contributed by atoms with Crippen molar-refractivity contribution in [3.8, 4) is 0 Å². The van der Waals surface area contributed by atoms with Gasteiger partial charge >= 0.3 is 0 Å². The molecular formula is C17H27N3. The fourth-order valence-electron chi connectivity index (χ4n) is 4.29. The van der Waals surface area contributed by atoms with E-state index < -0.39 is 0 Å². The van der Waals surface area contributed by atoms with Gasteiger partial charge in [-0.2, -0.15) is 0 Å². The first-order valence-corrected chi connectivity index (χ1v) is 7.91. The lowest BCUT2D eigenvalue weighted by atomic mass is 9.72. The number of rotatable bonds is 4. The highest BCUT2D eigenvalue weighted by Gasteiger charge is 2.40. The lowest BCUT2D eigenvalue weighted by Gasteiger charge is -2.50. The summed E-state index contributed by atoms with van der Waals surface area (Å²) >= 11 is 0. The van der Waals surface area contributed by atoms with E-state index in [-0.39, 0.29) is 0 Å². The molecule has 2 fully saturated rings. The van der Waals surface area contributed by atoms with Crippen LogP contribution in [-0.2, 0) is 6.54 Å². The fraction of sp³-hybridized carbons (Fsp3) is 0.647. The van der Waals surface area contributed by atoms with Gasteiger partial charge in [-0.15, -0.1) is 0 Å². The molecule has 0 radical (unpaired) electrons. The van der Waals surface area contributed by atoms with Crippen LogP contribution < -0.4 is 5.73 Å². The van der Waals surface area contributed by atoms with Gasteiger partial charge in [0.2, 0.25) is 0 Å². The molecule has 2 atom stereocenters. The van der Waals surface area contributed by atoms with Crippen LogP contribution in [0.1, 0.15) is 12.0 Å². The van der Waals surface area contributed by atoms with E-state index in [1.807, 2.05) is 0 Å². The average Bonchev–Trinajstić information content (AvgIpc) is 2.42. The second kappa shape index (κ2) is 6.25. The summed E-state index contributed by atoms with van der Waals surface area (Å²) in [6, 6.07) is 10.9. The molecule has 2 bridgehead atoms. The highest BCUT2D eigenvalue weighted by molar-refractivity contribution is 5.14. The van der Waals surface area contributed by atoms with Crippen molar-refractivity contribution in [1.29, 1.82) is 0 Å².